The van der Waals surface area contributed by atoms with Crippen LogP contribution < -0.4 is 5.32 Å². The standard InChI is InChI=1S/C13H12FNO3/c1-17-13(16)12-6-5-11(18-12)8-15-10-4-2-3-9(14)7-10/h2-7,15H,8H2,1H3. The van der Waals surface area contributed by atoms with Crippen LogP contribution in [0.3, 0.4) is 0 Å². The summed E-state index contributed by atoms with van der Waals surface area (Å²) in [5.41, 5.74) is 0.644. The van der Waals surface area contributed by atoms with Crippen molar-refractivity contribution in [2.75, 3.05) is 12.4 Å². The molecule has 0 aliphatic rings. The molecule has 0 aliphatic carbocycles. The lowest BCUT2D eigenvalue weighted by Gasteiger charge is -2.03. The summed E-state index contributed by atoms with van der Waals surface area (Å²) in [6.45, 7) is 0.362. The molecule has 0 unspecified atom stereocenters. The van der Waals surface area contributed by atoms with Crippen LogP contribution in [-0.4, -0.2) is 13.1 Å². The molecule has 0 bridgehead atoms. The molecule has 4 nitrogen and oxygen atoms in total. The normalized spacial score (nSPS) is 10.1. The second-order valence-corrected chi connectivity index (χ2v) is 3.62. The predicted molar refractivity (Wildman–Crippen MR) is 63.8 cm³/mol. The minimum absolute atomic E-state index is 0.147. The summed E-state index contributed by atoms with van der Waals surface area (Å²) in [6, 6.07) is 9.30. The van der Waals surface area contributed by atoms with Gasteiger partial charge >= 0.3 is 5.97 Å². The average Bonchev–Trinajstić information content (AvgIpc) is 2.84. The monoisotopic (exact) mass is 249 g/mol. The molecule has 0 amide bonds. The second-order valence-electron chi connectivity index (χ2n) is 3.62. The third-order valence-electron chi connectivity index (χ3n) is 2.34. The Labute approximate surface area is 103 Å². The highest BCUT2D eigenvalue weighted by molar-refractivity contribution is 5.86. The Hall–Kier alpha value is -2.30. The molecule has 1 heterocycles. The molecule has 0 saturated heterocycles. The van der Waals surface area contributed by atoms with Crippen molar-refractivity contribution in [3.8, 4) is 0 Å². The van der Waals surface area contributed by atoms with Crippen molar-refractivity contribution in [3.63, 3.8) is 0 Å². The summed E-state index contributed by atoms with van der Waals surface area (Å²) >= 11 is 0. The van der Waals surface area contributed by atoms with Crippen LogP contribution in [0.15, 0.2) is 40.8 Å². The number of rotatable bonds is 4. The number of methoxy groups -OCH3 is 1. The summed E-state index contributed by atoms with van der Waals surface area (Å²) in [7, 11) is 1.29. The van der Waals surface area contributed by atoms with Gasteiger partial charge in [-0.05, 0) is 30.3 Å². The van der Waals surface area contributed by atoms with Crippen LogP contribution in [0, 0.1) is 5.82 Å². The number of hydrogen-bond acceptors (Lipinski definition) is 4. The van der Waals surface area contributed by atoms with Gasteiger partial charge in [-0.15, -0.1) is 0 Å². The summed E-state index contributed by atoms with van der Waals surface area (Å²) in [4.78, 5) is 11.2. The van der Waals surface area contributed by atoms with E-state index < -0.39 is 5.97 Å². The molecule has 94 valence electrons. The highest BCUT2D eigenvalue weighted by Gasteiger charge is 2.10. The van der Waals surface area contributed by atoms with Crippen LogP contribution in [0.25, 0.3) is 0 Å². The average molecular weight is 249 g/mol. The van der Waals surface area contributed by atoms with E-state index in [1.165, 1.54) is 25.3 Å². The third kappa shape index (κ3) is 2.88. The van der Waals surface area contributed by atoms with Crippen LogP contribution in [-0.2, 0) is 11.3 Å². The van der Waals surface area contributed by atoms with Crippen molar-refractivity contribution < 1.29 is 18.3 Å². The van der Waals surface area contributed by atoms with Gasteiger partial charge in [0.15, 0.2) is 0 Å². The quantitative estimate of drug-likeness (QED) is 0.846. The molecule has 2 aromatic rings. The van der Waals surface area contributed by atoms with Crippen molar-refractivity contribution in [2.45, 2.75) is 6.54 Å². The minimum Gasteiger partial charge on any atom is -0.463 e. The maximum atomic E-state index is 12.9. The number of hydrogen-bond donors (Lipinski definition) is 1. The Morgan fingerprint density at radius 3 is 2.94 bits per heavy atom. The van der Waals surface area contributed by atoms with E-state index in [-0.39, 0.29) is 11.6 Å². The van der Waals surface area contributed by atoms with Crippen molar-refractivity contribution in [1.29, 1.82) is 0 Å². The van der Waals surface area contributed by atoms with Gasteiger partial charge in [0, 0.05) is 5.69 Å². The van der Waals surface area contributed by atoms with Gasteiger partial charge in [0.25, 0.3) is 0 Å². The van der Waals surface area contributed by atoms with Crippen molar-refractivity contribution in [1.82, 2.24) is 0 Å². The van der Waals surface area contributed by atoms with Crippen molar-refractivity contribution in [3.05, 3.63) is 53.7 Å². The van der Waals surface area contributed by atoms with Crippen LogP contribution in [0.4, 0.5) is 10.1 Å². The topological polar surface area (TPSA) is 51.5 Å². The molecule has 5 heteroatoms. The van der Waals surface area contributed by atoms with Crippen molar-refractivity contribution in [2.24, 2.45) is 0 Å². The Morgan fingerprint density at radius 2 is 2.22 bits per heavy atom. The molecule has 1 aromatic heterocycles. The lowest BCUT2D eigenvalue weighted by atomic mass is 10.3. The second kappa shape index (κ2) is 5.35. The molecular weight excluding hydrogens is 237 g/mol. The molecule has 0 atom stereocenters. The number of carbonyl (C=O) groups is 1. The Morgan fingerprint density at radius 1 is 1.39 bits per heavy atom. The van der Waals surface area contributed by atoms with Gasteiger partial charge < -0.3 is 14.5 Å². The number of carbonyl (C=O) groups excluding carboxylic acids is 1. The summed E-state index contributed by atoms with van der Waals surface area (Å²) < 4.78 is 22.7. The van der Waals surface area contributed by atoms with E-state index in [0.717, 1.165) is 0 Å². The first-order valence-electron chi connectivity index (χ1n) is 5.35. The summed E-state index contributed by atoms with van der Waals surface area (Å²) in [5.74, 6) is -0.116. The molecule has 18 heavy (non-hydrogen) atoms. The molecule has 0 saturated carbocycles. The lowest BCUT2D eigenvalue weighted by molar-refractivity contribution is 0.0563. The van der Waals surface area contributed by atoms with Gasteiger partial charge in [0.05, 0.1) is 13.7 Å². The predicted octanol–water partition coefficient (Wildman–Crippen LogP) is 2.82. The zero-order chi connectivity index (χ0) is 13.0. The summed E-state index contributed by atoms with van der Waals surface area (Å²) in [6.07, 6.45) is 0. The third-order valence-corrected chi connectivity index (χ3v) is 2.34. The van der Waals surface area contributed by atoms with Gasteiger partial charge in [0.2, 0.25) is 5.76 Å². The molecule has 0 spiro atoms. The highest BCUT2D eigenvalue weighted by Crippen LogP contribution is 2.13. The molecule has 1 N–H and O–H groups in total. The largest absolute Gasteiger partial charge is 0.463 e. The molecule has 2 rings (SSSR count). The SMILES string of the molecule is COC(=O)c1ccc(CNc2cccc(F)c2)o1. The number of ether oxygens (including phenoxy) is 1. The van der Waals surface area contributed by atoms with Gasteiger partial charge in [-0.1, -0.05) is 6.07 Å². The van der Waals surface area contributed by atoms with E-state index in [4.69, 9.17) is 4.42 Å². The first-order valence-corrected chi connectivity index (χ1v) is 5.35. The molecule has 0 aliphatic heterocycles. The zero-order valence-electron chi connectivity index (χ0n) is 9.77. The van der Waals surface area contributed by atoms with E-state index in [9.17, 15) is 9.18 Å². The molecule has 1 aromatic carbocycles. The minimum atomic E-state index is -0.521. The number of benzene rings is 1. The molecule has 0 radical (unpaired) electrons. The first kappa shape index (κ1) is 12.2. The van der Waals surface area contributed by atoms with Crippen LogP contribution in [0.5, 0.6) is 0 Å². The van der Waals surface area contributed by atoms with Gasteiger partial charge in [-0.25, -0.2) is 9.18 Å². The van der Waals surface area contributed by atoms with Gasteiger partial charge in [-0.2, -0.15) is 0 Å². The van der Waals surface area contributed by atoms with E-state index in [1.54, 1.807) is 18.2 Å². The smallest absolute Gasteiger partial charge is 0.373 e. The van der Waals surface area contributed by atoms with Crippen LogP contribution in [0.2, 0.25) is 0 Å². The van der Waals surface area contributed by atoms with E-state index >= 15 is 0 Å². The fourth-order valence-electron chi connectivity index (χ4n) is 1.47. The maximum absolute atomic E-state index is 12.9. The van der Waals surface area contributed by atoms with Crippen LogP contribution in [0.1, 0.15) is 16.3 Å². The first-order chi connectivity index (χ1) is 8.69. The summed E-state index contributed by atoms with van der Waals surface area (Å²) in [5, 5.41) is 2.99. The van der Waals surface area contributed by atoms with Gasteiger partial charge in [0.1, 0.15) is 11.6 Å². The van der Waals surface area contributed by atoms with E-state index in [1.807, 2.05) is 0 Å². The van der Waals surface area contributed by atoms with Crippen LogP contribution >= 0.6 is 0 Å². The lowest BCUT2D eigenvalue weighted by Crippen LogP contribution is -2.00. The maximum Gasteiger partial charge on any atom is 0.373 e. The number of esters is 1. The Balaban J connectivity index is 1.98. The van der Waals surface area contributed by atoms with Gasteiger partial charge in [-0.3, -0.25) is 0 Å². The highest BCUT2D eigenvalue weighted by atomic mass is 19.1. The molecular formula is C13H12FNO3. The number of halogens is 1. The fourth-order valence-corrected chi connectivity index (χ4v) is 1.47. The Bertz CT molecular complexity index is 551. The zero-order valence-corrected chi connectivity index (χ0v) is 9.77. The number of furan rings is 1. The van der Waals surface area contributed by atoms with Crippen molar-refractivity contribution >= 4 is 11.7 Å². The fraction of sp³-hybridized carbons (Fsp3) is 0.154. The number of anilines is 1. The van der Waals surface area contributed by atoms with E-state index in [2.05, 4.69) is 10.1 Å². The Kier molecular flexibility index (Phi) is 3.62. The molecule has 0 fully saturated rings. The number of nitrogens with one attached hydrogen (secondary N) is 1. The van der Waals surface area contributed by atoms with E-state index in [0.29, 0.717) is 18.0 Å².